The Hall–Kier alpha value is -1.26. The average Bonchev–Trinajstić information content (AvgIpc) is 2.47. The van der Waals surface area contributed by atoms with Crippen LogP contribution in [-0.4, -0.2) is 38.3 Å². The first-order valence-electron chi connectivity index (χ1n) is 7.34. The Morgan fingerprint density at radius 2 is 2.00 bits per heavy atom. The monoisotopic (exact) mass is 278 g/mol. The number of rotatable bonds is 5. The Morgan fingerprint density at radius 3 is 2.65 bits per heavy atom. The predicted molar refractivity (Wildman–Crippen MR) is 81.2 cm³/mol. The summed E-state index contributed by atoms with van der Waals surface area (Å²) in [5, 5.41) is 0. The highest BCUT2D eigenvalue weighted by molar-refractivity contribution is 5.42. The maximum Gasteiger partial charge on any atom is 0.161 e. The summed E-state index contributed by atoms with van der Waals surface area (Å²) >= 11 is 0. The van der Waals surface area contributed by atoms with Crippen molar-refractivity contribution in [3.05, 3.63) is 23.8 Å². The van der Waals surface area contributed by atoms with Crippen molar-refractivity contribution >= 4 is 0 Å². The van der Waals surface area contributed by atoms with Crippen molar-refractivity contribution in [3.8, 4) is 11.5 Å². The van der Waals surface area contributed by atoms with Crippen LogP contribution in [0, 0.1) is 5.92 Å². The maximum absolute atomic E-state index is 5.95. The van der Waals surface area contributed by atoms with Crippen LogP contribution in [0.2, 0.25) is 0 Å². The molecule has 1 aliphatic heterocycles. The van der Waals surface area contributed by atoms with Crippen molar-refractivity contribution < 1.29 is 9.47 Å². The van der Waals surface area contributed by atoms with Crippen LogP contribution in [0.4, 0.5) is 0 Å². The predicted octanol–water partition coefficient (Wildman–Crippen LogP) is 2.26. The lowest BCUT2D eigenvalue weighted by Crippen LogP contribution is -2.47. The molecular weight excluding hydrogens is 252 g/mol. The van der Waals surface area contributed by atoms with E-state index in [1.165, 1.54) is 18.4 Å². The largest absolute Gasteiger partial charge is 0.493 e. The van der Waals surface area contributed by atoms with Crippen molar-refractivity contribution in [2.24, 2.45) is 11.7 Å². The standard InChI is InChI=1S/C16H26N2O2/c1-12-5-4-8-18(14(12)10-17)11-13-6-7-15(19-2)16(9-13)20-3/h6-7,9,12,14H,4-5,8,10-11,17H2,1-3H3. The SMILES string of the molecule is COc1ccc(CN2CCCC(C)C2CN)cc1OC. The third-order valence-corrected chi connectivity index (χ3v) is 4.31. The van der Waals surface area contributed by atoms with Gasteiger partial charge in [-0.3, -0.25) is 4.90 Å². The molecule has 1 heterocycles. The zero-order valence-electron chi connectivity index (χ0n) is 12.8. The molecule has 1 aromatic carbocycles. The van der Waals surface area contributed by atoms with E-state index in [0.29, 0.717) is 12.0 Å². The minimum atomic E-state index is 0.483. The number of hydrogen-bond donors (Lipinski definition) is 1. The molecule has 0 spiro atoms. The Labute approximate surface area is 121 Å². The molecule has 20 heavy (non-hydrogen) atoms. The molecule has 0 radical (unpaired) electrons. The number of piperidine rings is 1. The average molecular weight is 278 g/mol. The minimum Gasteiger partial charge on any atom is -0.493 e. The molecule has 0 aliphatic carbocycles. The van der Waals surface area contributed by atoms with Gasteiger partial charge in [-0.25, -0.2) is 0 Å². The third-order valence-electron chi connectivity index (χ3n) is 4.31. The molecular formula is C16H26N2O2. The van der Waals surface area contributed by atoms with Gasteiger partial charge in [0.05, 0.1) is 14.2 Å². The zero-order valence-corrected chi connectivity index (χ0v) is 12.8. The number of methoxy groups -OCH3 is 2. The summed E-state index contributed by atoms with van der Waals surface area (Å²) in [6.45, 7) is 5.08. The minimum absolute atomic E-state index is 0.483. The molecule has 4 heteroatoms. The lowest BCUT2D eigenvalue weighted by atomic mass is 9.90. The highest BCUT2D eigenvalue weighted by Gasteiger charge is 2.27. The molecule has 2 atom stereocenters. The Morgan fingerprint density at radius 1 is 1.25 bits per heavy atom. The van der Waals surface area contributed by atoms with Gasteiger partial charge in [0.25, 0.3) is 0 Å². The third kappa shape index (κ3) is 3.25. The van der Waals surface area contributed by atoms with Gasteiger partial charge in [-0.05, 0) is 43.0 Å². The summed E-state index contributed by atoms with van der Waals surface area (Å²) in [5.41, 5.74) is 7.20. The summed E-state index contributed by atoms with van der Waals surface area (Å²) in [5.74, 6) is 2.24. The number of ether oxygens (including phenoxy) is 2. The number of likely N-dealkylation sites (tertiary alicyclic amines) is 1. The van der Waals surface area contributed by atoms with E-state index in [0.717, 1.165) is 31.1 Å². The summed E-state index contributed by atoms with van der Waals surface area (Å²) in [7, 11) is 3.33. The molecule has 4 nitrogen and oxygen atoms in total. The second-order valence-electron chi connectivity index (χ2n) is 5.58. The Bertz CT molecular complexity index is 436. The lowest BCUT2D eigenvalue weighted by molar-refractivity contribution is 0.0990. The van der Waals surface area contributed by atoms with E-state index in [-0.39, 0.29) is 0 Å². The van der Waals surface area contributed by atoms with Crippen molar-refractivity contribution in [2.75, 3.05) is 27.3 Å². The second kappa shape index (κ2) is 6.95. The van der Waals surface area contributed by atoms with Gasteiger partial charge in [-0.2, -0.15) is 0 Å². The van der Waals surface area contributed by atoms with E-state index < -0.39 is 0 Å². The lowest BCUT2D eigenvalue weighted by Gasteiger charge is -2.39. The van der Waals surface area contributed by atoms with Gasteiger partial charge in [-0.15, -0.1) is 0 Å². The van der Waals surface area contributed by atoms with Crippen LogP contribution in [0.25, 0.3) is 0 Å². The Kier molecular flexibility index (Phi) is 5.26. The number of nitrogens with zero attached hydrogens (tertiary/aromatic N) is 1. The molecule has 2 unspecified atom stereocenters. The fraction of sp³-hybridized carbons (Fsp3) is 0.625. The first-order chi connectivity index (χ1) is 9.69. The van der Waals surface area contributed by atoms with Gasteiger partial charge < -0.3 is 15.2 Å². The molecule has 2 rings (SSSR count). The van der Waals surface area contributed by atoms with Gasteiger partial charge in [0, 0.05) is 19.1 Å². The number of hydrogen-bond acceptors (Lipinski definition) is 4. The maximum atomic E-state index is 5.95. The molecule has 0 aromatic heterocycles. The molecule has 2 N–H and O–H groups in total. The van der Waals surface area contributed by atoms with Crippen LogP contribution in [0.1, 0.15) is 25.3 Å². The van der Waals surface area contributed by atoms with Crippen LogP contribution in [-0.2, 0) is 6.54 Å². The van der Waals surface area contributed by atoms with Crippen LogP contribution in [0.5, 0.6) is 11.5 Å². The smallest absolute Gasteiger partial charge is 0.161 e. The van der Waals surface area contributed by atoms with Crippen molar-refractivity contribution in [1.29, 1.82) is 0 Å². The fourth-order valence-electron chi connectivity index (χ4n) is 3.13. The van der Waals surface area contributed by atoms with Gasteiger partial charge >= 0.3 is 0 Å². The molecule has 1 saturated heterocycles. The number of benzene rings is 1. The van der Waals surface area contributed by atoms with E-state index in [4.69, 9.17) is 15.2 Å². The summed E-state index contributed by atoms with van der Waals surface area (Å²) in [4.78, 5) is 2.50. The van der Waals surface area contributed by atoms with Crippen LogP contribution < -0.4 is 15.2 Å². The first kappa shape index (κ1) is 15.1. The first-order valence-corrected chi connectivity index (χ1v) is 7.34. The van der Waals surface area contributed by atoms with Gasteiger partial charge in [0.2, 0.25) is 0 Å². The van der Waals surface area contributed by atoms with Crippen molar-refractivity contribution in [2.45, 2.75) is 32.4 Å². The van der Waals surface area contributed by atoms with E-state index >= 15 is 0 Å². The molecule has 112 valence electrons. The highest BCUT2D eigenvalue weighted by Crippen LogP contribution is 2.30. The molecule has 0 bridgehead atoms. The van der Waals surface area contributed by atoms with E-state index in [9.17, 15) is 0 Å². The van der Waals surface area contributed by atoms with Crippen LogP contribution in [0.15, 0.2) is 18.2 Å². The zero-order chi connectivity index (χ0) is 14.5. The second-order valence-corrected chi connectivity index (χ2v) is 5.58. The van der Waals surface area contributed by atoms with Crippen molar-refractivity contribution in [3.63, 3.8) is 0 Å². The summed E-state index contributed by atoms with van der Waals surface area (Å²) in [6, 6.07) is 6.62. The van der Waals surface area contributed by atoms with Gasteiger partial charge in [0.1, 0.15) is 0 Å². The summed E-state index contributed by atoms with van der Waals surface area (Å²) < 4.78 is 10.7. The molecule has 1 aliphatic rings. The van der Waals surface area contributed by atoms with E-state index in [2.05, 4.69) is 24.0 Å². The summed E-state index contributed by atoms with van der Waals surface area (Å²) in [6.07, 6.45) is 2.54. The van der Waals surface area contributed by atoms with E-state index in [1.54, 1.807) is 14.2 Å². The quantitative estimate of drug-likeness (QED) is 0.897. The van der Waals surface area contributed by atoms with Gasteiger partial charge in [-0.1, -0.05) is 13.0 Å². The Balaban J connectivity index is 2.12. The molecule has 1 aromatic rings. The molecule has 1 fully saturated rings. The van der Waals surface area contributed by atoms with Crippen LogP contribution in [0.3, 0.4) is 0 Å². The fourth-order valence-corrected chi connectivity index (χ4v) is 3.13. The van der Waals surface area contributed by atoms with E-state index in [1.807, 2.05) is 6.07 Å². The van der Waals surface area contributed by atoms with Crippen LogP contribution >= 0.6 is 0 Å². The number of nitrogens with two attached hydrogens (primary N) is 1. The topological polar surface area (TPSA) is 47.7 Å². The molecule has 0 saturated carbocycles. The highest BCUT2D eigenvalue weighted by atomic mass is 16.5. The molecule has 0 amide bonds. The normalized spacial score (nSPS) is 23.6. The van der Waals surface area contributed by atoms with Crippen molar-refractivity contribution in [1.82, 2.24) is 4.90 Å². The van der Waals surface area contributed by atoms with Gasteiger partial charge in [0.15, 0.2) is 11.5 Å².